The van der Waals surface area contributed by atoms with Crippen molar-refractivity contribution in [3.63, 3.8) is 0 Å². The molecule has 0 radical (unpaired) electrons. The smallest absolute Gasteiger partial charge is 0.00797 e. The molecule has 19 heavy (non-hydrogen) atoms. The lowest BCUT2D eigenvalue weighted by Crippen LogP contribution is -2.46. The molecule has 0 aromatic carbocycles. The largest absolute Gasteiger partial charge is 0.327 e. The topological polar surface area (TPSA) is 29.3 Å². The van der Waals surface area contributed by atoms with E-state index in [-0.39, 0.29) is 0 Å². The lowest BCUT2D eigenvalue weighted by atomic mass is 9.70. The van der Waals surface area contributed by atoms with E-state index in [0.29, 0.717) is 11.5 Å². The van der Waals surface area contributed by atoms with Crippen LogP contribution in [0.1, 0.15) is 58.8 Å². The highest BCUT2D eigenvalue weighted by molar-refractivity contribution is 4.90. The molecule has 2 atom stereocenters. The normalized spacial score (nSPS) is 34.7. The van der Waals surface area contributed by atoms with Crippen molar-refractivity contribution in [1.29, 1.82) is 0 Å². The van der Waals surface area contributed by atoms with Crippen LogP contribution in [-0.2, 0) is 0 Å². The van der Waals surface area contributed by atoms with E-state index >= 15 is 0 Å². The van der Waals surface area contributed by atoms with Gasteiger partial charge in [-0.05, 0) is 68.1 Å². The van der Waals surface area contributed by atoms with Gasteiger partial charge >= 0.3 is 0 Å². The fraction of sp³-hybridized carbons (Fsp3) is 1.00. The van der Waals surface area contributed by atoms with Crippen LogP contribution in [0, 0.1) is 23.2 Å². The van der Waals surface area contributed by atoms with Crippen LogP contribution in [0.4, 0.5) is 0 Å². The summed E-state index contributed by atoms with van der Waals surface area (Å²) in [6.45, 7) is 8.86. The lowest BCUT2D eigenvalue weighted by molar-refractivity contribution is 0.110. The quantitative estimate of drug-likeness (QED) is 0.798. The highest BCUT2D eigenvalue weighted by atomic mass is 15.1. The van der Waals surface area contributed by atoms with E-state index in [1.807, 2.05) is 0 Å². The Kier molecular flexibility index (Phi) is 3.92. The first kappa shape index (κ1) is 13.9. The predicted octanol–water partition coefficient (Wildman–Crippen LogP) is 3.26. The SMILES string of the molecule is CC1(C)CCC(N)C(CN(CC2CC2)CC2CC2)C1. The van der Waals surface area contributed by atoms with E-state index in [1.54, 1.807) is 0 Å². The van der Waals surface area contributed by atoms with Crippen molar-refractivity contribution in [2.24, 2.45) is 28.9 Å². The average molecular weight is 264 g/mol. The molecule has 3 aliphatic carbocycles. The Bertz CT molecular complexity index is 290. The second-order valence-electron chi connectivity index (χ2n) is 8.44. The molecular formula is C17H32N2. The van der Waals surface area contributed by atoms with Gasteiger partial charge in [0.1, 0.15) is 0 Å². The number of hydrogen-bond acceptors (Lipinski definition) is 2. The fourth-order valence-corrected chi connectivity index (χ4v) is 3.84. The highest BCUT2D eigenvalue weighted by Crippen LogP contribution is 2.40. The Balaban J connectivity index is 1.55. The standard InChI is InChI=1S/C17H32N2/c1-17(2)8-7-16(18)15(9-17)12-19(10-13-3-4-13)11-14-5-6-14/h13-16H,3-12,18H2,1-2H3. The molecule has 0 aromatic rings. The van der Waals surface area contributed by atoms with Crippen molar-refractivity contribution in [1.82, 2.24) is 4.90 Å². The molecule has 3 aliphatic rings. The molecule has 0 aromatic heterocycles. The Labute approximate surface area is 119 Å². The average Bonchev–Trinajstić information content (AvgIpc) is 3.19. The summed E-state index contributed by atoms with van der Waals surface area (Å²) in [5.41, 5.74) is 6.93. The molecule has 110 valence electrons. The van der Waals surface area contributed by atoms with E-state index in [0.717, 1.165) is 17.8 Å². The second-order valence-corrected chi connectivity index (χ2v) is 8.44. The lowest BCUT2D eigenvalue weighted by Gasteiger charge is -2.41. The Hall–Kier alpha value is -0.0800. The molecule has 2 N–H and O–H groups in total. The summed E-state index contributed by atoms with van der Waals surface area (Å²) in [5, 5.41) is 0. The molecule has 2 unspecified atom stereocenters. The first-order valence-electron chi connectivity index (χ1n) is 8.50. The molecule has 3 fully saturated rings. The van der Waals surface area contributed by atoms with Crippen LogP contribution in [0.3, 0.4) is 0 Å². The zero-order chi connectivity index (χ0) is 13.5. The molecule has 0 amide bonds. The van der Waals surface area contributed by atoms with Gasteiger partial charge in [-0.2, -0.15) is 0 Å². The molecule has 0 saturated heterocycles. The molecule has 0 aliphatic heterocycles. The van der Waals surface area contributed by atoms with Gasteiger partial charge in [-0.3, -0.25) is 0 Å². The van der Waals surface area contributed by atoms with Crippen LogP contribution in [0.15, 0.2) is 0 Å². The third kappa shape index (κ3) is 4.19. The maximum atomic E-state index is 6.41. The summed E-state index contributed by atoms with van der Waals surface area (Å²) in [6, 6.07) is 0.453. The minimum atomic E-state index is 0.453. The van der Waals surface area contributed by atoms with Crippen LogP contribution < -0.4 is 5.73 Å². The molecule has 0 heterocycles. The van der Waals surface area contributed by atoms with Gasteiger partial charge in [0.15, 0.2) is 0 Å². The second kappa shape index (κ2) is 5.37. The van der Waals surface area contributed by atoms with Gasteiger partial charge in [-0.25, -0.2) is 0 Å². The molecule has 0 spiro atoms. The minimum Gasteiger partial charge on any atom is -0.327 e. The molecule has 2 heteroatoms. The summed E-state index contributed by atoms with van der Waals surface area (Å²) in [4.78, 5) is 2.78. The zero-order valence-corrected chi connectivity index (χ0v) is 12.9. The molecule has 0 bridgehead atoms. The van der Waals surface area contributed by atoms with Gasteiger partial charge in [-0.15, -0.1) is 0 Å². The molecule has 2 nitrogen and oxygen atoms in total. The number of hydrogen-bond donors (Lipinski definition) is 1. The van der Waals surface area contributed by atoms with Crippen LogP contribution in [0.5, 0.6) is 0 Å². The van der Waals surface area contributed by atoms with E-state index in [2.05, 4.69) is 18.7 Å². The van der Waals surface area contributed by atoms with Crippen molar-refractivity contribution < 1.29 is 0 Å². The summed E-state index contributed by atoms with van der Waals surface area (Å²) < 4.78 is 0. The fourth-order valence-electron chi connectivity index (χ4n) is 3.84. The summed E-state index contributed by atoms with van der Waals surface area (Å²) in [5.74, 6) is 2.78. The Morgan fingerprint density at radius 1 is 0.947 bits per heavy atom. The van der Waals surface area contributed by atoms with Gasteiger partial charge < -0.3 is 10.6 Å². The minimum absolute atomic E-state index is 0.453. The number of rotatable bonds is 6. The van der Waals surface area contributed by atoms with Gasteiger partial charge in [0.2, 0.25) is 0 Å². The molecular weight excluding hydrogens is 232 g/mol. The maximum Gasteiger partial charge on any atom is 0.00797 e. The highest BCUT2D eigenvalue weighted by Gasteiger charge is 2.36. The first-order valence-corrected chi connectivity index (χ1v) is 8.50. The van der Waals surface area contributed by atoms with Gasteiger partial charge in [0, 0.05) is 25.7 Å². The van der Waals surface area contributed by atoms with E-state index in [9.17, 15) is 0 Å². The molecule has 3 rings (SSSR count). The summed E-state index contributed by atoms with van der Waals surface area (Å²) in [7, 11) is 0. The van der Waals surface area contributed by atoms with Gasteiger partial charge in [0.25, 0.3) is 0 Å². The maximum absolute atomic E-state index is 6.41. The van der Waals surface area contributed by atoms with Crippen LogP contribution in [0.25, 0.3) is 0 Å². The number of nitrogens with two attached hydrogens (primary N) is 1. The third-order valence-corrected chi connectivity index (χ3v) is 5.49. The van der Waals surface area contributed by atoms with Crippen molar-refractivity contribution in [2.75, 3.05) is 19.6 Å². The zero-order valence-electron chi connectivity index (χ0n) is 12.9. The van der Waals surface area contributed by atoms with Crippen molar-refractivity contribution in [2.45, 2.75) is 64.8 Å². The van der Waals surface area contributed by atoms with E-state index in [4.69, 9.17) is 5.73 Å². The van der Waals surface area contributed by atoms with Crippen LogP contribution in [0.2, 0.25) is 0 Å². The van der Waals surface area contributed by atoms with Crippen LogP contribution >= 0.6 is 0 Å². The van der Waals surface area contributed by atoms with Gasteiger partial charge in [0.05, 0.1) is 0 Å². The van der Waals surface area contributed by atoms with E-state index < -0.39 is 0 Å². The van der Waals surface area contributed by atoms with Crippen LogP contribution in [-0.4, -0.2) is 30.6 Å². The monoisotopic (exact) mass is 264 g/mol. The predicted molar refractivity (Wildman–Crippen MR) is 81.0 cm³/mol. The number of nitrogens with zero attached hydrogens (tertiary/aromatic N) is 1. The van der Waals surface area contributed by atoms with Crippen molar-refractivity contribution in [3.05, 3.63) is 0 Å². The summed E-state index contributed by atoms with van der Waals surface area (Å²) >= 11 is 0. The molecule has 3 saturated carbocycles. The summed E-state index contributed by atoms with van der Waals surface area (Å²) in [6.07, 6.45) is 9.79. The van der Waals surface area contributed by atoms with Crippen molar-refractivity contribution >= 4 is 0 Å². The van der Waals surface area contributed by atoms with Crippen molar-refractivity contribution in [3.8, 4) is 0 Å². The third-order valence-electron chi connectivity index (χ3n) is 5.49. The first-order chi connectivity index (χ1) is 9.02. The van der Waals surface area contributed by atoms with E-state index in [1.165, 1.54) is 64.6 Å². The van der Waals surface area contributed by atoms with Gasteiger partial charge in [-0.1, -0.05) is 13.8 Å². The Morgan fingerprint density at radius 2 is 1.53 bits per heavy atom. The Morgan fingerprint density at radius 3 is 2.05 bits per heavy atom.